The summed E-state index contributed by atoms with van der Waals surface area (Å²) in [6.07, 6.45) is 2.19. The lowest BCUT2D eigenvalue weighted by atomic mass is 10.1. The Kier molecular flexibility index (Phi) is 2.89. The Morgan fingerprint density at radius 2 is 2.44 bits per heavy atom. The average Bonchev–Trinajstić information content (AvgIpc) is 2.97. The fraction of sp³-hybridized carbons (Fsp3) is 0.500. The van der Waals surface area contributed by atoms with Gasteiger partial charge in [0.1, 0.15) is 5.69 Å². The number of carbonyl (C=O) groups is 2. The van der Waals surface area contributed by atoms with Crippen LogP contribution in [0.15, 0.2) is 12.3 Å². The van der Waals surface area contributed by atoms with Gasteiger partial charge < -0.3 is 9.64 Å². The number of hydrogen-bond acceptors (Lipinski definition) is 4. The fourth-order valence-corrected chi connectivity index (χ4v) is 1.85. The van der Waals surface area contributed by atoms with Crippen LogP contribution in [0.4, 0.5) is 0 Å². The maximum atomic E-state index is 11.9. The molecule has 1 aromatic rings. The highest BCUT2D eigenvalue weighted by atomic mass is 16.5. The van der Waals surface area contributed by atoms with Gasteiger partial charge in [0.2, 0.25) is 0 Å². The van der Waals surface area contributed by atoms with E-state index in [0.717, 1.165) is 0 Å². The van der Waals surface area contributed by atoms with E-state index in [-0.39, 0.29) is 17.8 Å². The van der Waals surface area contributed by atoms with Crippen molar-refractivity contribution in [2.45, 2.75) is 6.42 Å². The van der Waals surface area contributed by atoms with Crippen molar-refractivity contribution in [3.8, 4) is 0 Å². The highest BCUT2D eigenvalue weighted by molar-refractivity contribution is 5.92. The number of aromatic nitrogens is 2. The lowest BCUT2D eigenvalue weighted by Gasteiger charge is -2.14. The number of aromatic amines is 1. The first-order chi connectivity index (χ1) is 7.72. The Labute approximate surface area is 92.6 Å². The third-order valence-corrected chi connectivity index (χ3v) is 2.74. The minimum absolute atomic E-state index is 0.121. The molecule has 1 N–H and O–H groups in total. The van der Waals surface area contributed by atoms with Crippen molar-refractivity contribution >= 4 is 11.9 Å². The molecule has 86 valence electrons. The van der Waals surface area contributed by atoms with Crippen LogP contribution in [-0.2, 0) is 9.53 Å². The van der Waals surface area contributed by atoms with Crippen LogP contribution >= 0.6 is 0 Å². The molecule has 1 fully saturated rings. The van der Waals surface area contributed by atoms with Crippen LogP contribution in [0.3, 0.4) is 0 Å². The van der Waals surface area contributed by atoms with Crippen molar-refractivity contribution in [3.05, 3.63) is 18.0 Å². The van der Waals surface area contributed by atoms with Crippen LogP contribution in [0, 0.1) is 5.92 Å². The molecule has 6 heteroatoms. The summed E-state index contributed by atoms with van der Waals surface area (Å²) in [5.74, 6) is -0.569. The summed E-state index contributed by atoms with van der Waals surface area (Å²) < 4.78 is 4.66. The third kappa shape index (κ3) is 1.91. The Balaban J connectivity index is 1.99. The number of amides is 1. The summed E-state index contributed by atoms with van der Waals surface area (Å²) in [5, 5.41) is 6.34. The van der Waals surface area contributed by atoms with Crippen molar-refractivity contribution in [1.82, 2.24) is 15.1 Å². The summed E-state index contributed by atoms with van der Waals surface area (Å²) in [5.41, 5.74) is 0.450. The zero-order valence-electron chi connectivity index (χ0n) is 8.97. The molecule has 0 saturated carbocycles. The monoisotopic (exact) mass is 223 g/mol. The van der Waals surface area contributed by atoms with E-state index < -0.39 is 0 Å². The largest absolute Gasteiger partial charge is 0.469 e. The molecule has 16 heavy (non-hydrogen) atoms. The number of methoxy groups -OCH3 is 1. The van der Waals surface area contributed by atoms with Crippen LogP contribution in [0.1, 0.15) is 16.9 Å². The minimum Gasteiger partial charge on any atom is -0.469 e. The molecule has 6 nitrogen and oxygen atoms in total. The number of H-pyrrole nitrogens is 1. The molecule has 1 aliphatic rings. The van der Waals surface area contributed by atoms with Gasteiger partial charge in [0, 0.05) is 19.3 Å². The number of likely N-dealkylation sites (tertiary alicyclic amines) is 1. The van der Waals surface area contributed by atoms with Gasteiger partial charge in [-0.3, -0.25) is 14.7 Å². The van der Waals surface area contributed by atoms with Gasteiger partial charge in [-0.25, -0.2) is 0 Å². The molecule has 1 amide bonds. The van der Waals surface area contributed by atoms with Crippen molar-refractivity contribution < 1.29 is 14.3 Å². The van der Waals surface area contributed by atoms with Crippen molar-refractivity contribution in [2.24, 2.45) is 5.92 Å². The van der Waals surface area contributed by atoms with E-state index in [1.165, 1.54) is 13.3 Å². The summed E-state index contributed by atoms with van der Waals surface area (Å²) >= 11 is 0. The number of carbonyl (C=O) groups excluding carboxylic acids is 2. The Morgan fingerprint density at radius 3 is 3.06 bits per heavy atom. The first-order valence-corrected chi connectivity index (χ1v) is 5.09. The van der Waals surface area contributed by atoms with E-state index in [1.807, 2.05) is 0 Å². The van der Waals surface area contributed by atoms with E-state index in [1.54, 1.807) is 11.0 Å². The number of ether oxygens (including phenoxy) is 1. The molecule has 2 rings (SSSR count). The fourth-order valence-electron chi connectivity index (χ4n) is 1.85. The molecule has 1 aromatic heterocycles. The average molecular weight is 223 g/mol. The van der Waals surface area contributed by atoms with Gasteiger partial charge in [-0.05, 0) is 12.5 Å². The van der Waals surface area contributed by atoms with Crippen LogP contribution in [0.5, 0.6) is 0 Å². The Bertz CT molecular complexity index is 388. The molecule has 0 aromatic carbocycles. The van der Waals surface area contributed by atoms with Gasteiger partial charge in [-0.2, -0.15) is 5.10 Å². The van der Waals surface area contributed by atoms with Crippen LogP contribution in [0.2, 0.25) is 0 Å². The molecule has 1 unspecified atom stereocenters. The molecule has 1 atom stereocenters. The summed E-state index contributed by atoms with van der Waals surface area (Å²) in [7, 11) is 1.36. The van der Waals surface area contributed by atoms with Gasteiger partial charge in [0.25, 0.3) is 5.91 Å². The van der Waals surface area contributed by atoms with Crippen molar-refractivity contribution in [2.75, 3.05) is 20.2 Å². The third-order valence-electron chi connectivity index (χ3n) is 2.74. The zero-order valence-corrected chi connectivity index (χ0v) is 8.97. The number of esters is 1. The highest BCUT2D eigenvalue weighted by Crippen LogP contribution is 2.18. The second-order valence-electron chi connectivity index (χ2n) is 3.73. The standard InChI is InChI=1S/C10H13N3O3/c1-16-10(15)7-3-5-13(6-7)9(14)8-2-4-11-12-8/h2,4,7H,3,5-6H2,1H3,(H,11,12). The summed E-state index contributed by atoms with van der Waals surface area (Å²) in [6, 6.07) is 1.62. The zero-order chi connectivity index (χ0) is 11.5. The molecule has 0 bridgehead atoms. The molecule has 1 saturated heterocycles. The molecule has 0 radical (unpaired) electrons. The van der Waals surface area contributed by atoms with Gasteiger partial charge in [-0.15, -0.1) is 0 Å². The van der Waals surface area contributed by atoms with E-state index in [4.69, 9.17) is 0 Å². The maximum Gasteiger partial charge on any atom is 0.310 e. The highest BCUT2D eigenvalue weighted by Gasteiger charge is 2.32. The summed E-state index contributed by atoms with van der Waals surface area (Å²) in [4.78, 5) is 24.8. The van der Waals surface area contributed by atoms with Gasteiger partial charge in [-0.1, -0.05) is 0 Å². The van der Waals surface area contributed by atoms with Gasteiger partial charge in [0.15, 0.2) is 0 Å². The first-order valence-electron chi connectivity index (χ1n) is 5.09. The smallest absolute Gasteiger partial charge is 0.310 e. The maximum absolute atomic E-state index is 11.9. The first kappa shape index (κ1) is 10.7. The topological polar surface area (TPSA) is 75.3 Å². The number of rotatable bonds is 2. The molecular weight excluding hydrogens is 210 g/mol. The van der Waals surface area contributed by atoms with Crippen molar-refractivity contribution in [1.29, 1.82) is 0 Å². The van der Waals surface area contributed by atoms with E-state index in [9.17, 15) is 9.59 Å². The number of nitrogens with zero attached hydrogens (tertiary/aromatic N) is 2. The predicted molar refractivity (Wildman–Crippen MR) is 54.6 cm³/mol. The van der Waals surface area contributed by atoms with E-state index in [2.05, 4.69) is 14.9 Å². The van der Waals surface area contributed by atoms with E-state index in [0.29, 0.717) is 25.2 Å². The number of hydrogen-bond donors (Lipinski definition) is 1. The van der Waals surface area contributed by atoms with Crippen LogP contribution in [-0.4, -0.2) is 47.2 Å². The molecule has 0 spiro atoms. The lowest BCUT2D eigenvalue weighted by Crippen LogP contribution is -2.30. The van der Waals surface area contributed by atoms with Crippen LogP contribution < -0.4 is 0 Å². The molecular formula is C10H13N3O3. The SMILES string of the molecule is COC(=O)C1CCN(C(=O)c2ccn[nH]2)C1. The quantitative estimate of drug-likeness (QED) is 0.718. The van der Waals surface area contributed by atoms with Crippen molar-refractivity contribution in [3.63, 3.8) is 0 Å². The minimum atomic E-state index is -0.250. The second-order valence-corrected chi connectivity index (χ2v) is 3.73. The molecule has 2 heterocycles. The predicted octanol–water partition coefficient (Wildman–Crippen LogP) is 0.0448. The lowest BCUT2D eigenvalue weighted by molar-refractivity contribution is -0.144. The van der Waals surface area contributed by atoms with Gasteiger partial charge >= 0.3 is 5.97 Å². The Hall–Kier alpha value is -1.85. The van der Waals surface area contributed by atoms with Crippen LogP contribution in [0.25, 0.3) is 0 Å². The summed E-state index contributed by atoms with van der Waals surface area (Å²) in [6.45, 7) is 1.00. The molecule has 1 aliphatic heterocycles. The van der Waals surface area contributed by atoms with Gasteiger partial charge in [0.05, 0.1) is 13.0 Å². The van der Waals surface area contributed by atoms with E-state index >= 15 is 0 Å². The second kappa shape index (κ2) is 4.34. The number of nitrogens with one attached hydrogen (secondary N) is 1. The Morgan fingerprint density at radius 1 is 1.62 bits per heavy atom. The molecule has 0 aliphatic carbocycles. The normalized spacial score (nSPS) is 19.8.